The normalized spacial score (nSPS) is 22.0. The monoisotopic (exact) mass is 263 g/mol. The average molecular weight is 263 g/mol. The minimum atomic E-state index is -5.39. The first-order chi connectivity index (χ1) is 7.16. The molecule has 0 amide bonds. The summed E-state index contributed by atoms with van der Waals surface area (Å²) in [6.07, 6.45) is 0.209. The highest BCUT2D eigenvalue weighted by molar-refractivity contribution is 7.90. The Kier molecular flexibility index (Phi) is 3.83. The van der Waals surface area contributed by atoms with Gasteiger partial charge in [0.2, 0.25) is 0 Å². The second-order valence-corrected chi connectivity index (χ2v) is 5.37. The Morgan fingerprint density at radius 3 is 2.25 bits per heavy atom. The topological polar surface area (TPSA) is 75.6 Å². The van der Waals surface area contributed by atoms with Crippen molar-refractivity contribution in [1.82, 2.24) is 4.72 Å². The van der Waals surface area contributed by atoms with Gasteiger partial charge in [0.25, 0.3) is 0 Å². The molecule has 0 unspecified atom stereocenters. The minimum Gasteiger partial charge on any atom is -0.388 e. The van der Waals surface area contributed by atoms with Crippen molar-refractivity contribution in [3.63, 3.8) is 0 Å². The van der Waals surface area contributed by atoms with Crippen LogP contribution in [0.3, 0.4) is 0 Å². The van der Waals surface area contributed by atoms with E-state index in [1.54, 1.807) is 0 Å². The number of alkyl halides is 3. The molecule has 16 heavy (non-hydrogen) atoms. The molecule has 0 radical (unpaired) electrons. The van der Waals surface area contributed by atoms with Gasteiger partial charge in [-0.3, -0.25) is 0 Å². The minimum absolute atomic E-state index is 0.105. The predicted octanol–water partition coefficient (Wildman–Crippen LogP) is -0.0329. The summed E-state index contributed by atoms with van der Waals surface area (Å²) in [6, 6.07) is 0. The summed E-state index contributed by atoms with van der Waals surface area (Å²) in [4.78, 5) is 0. The van der Waals surface area contributed by atoms with Crippen LogP contribution in [0.1, 0.15) is 12.8 Å². The molecule has 5 nitrogen and oxygen atoms in total. The van der Waals surface area contributed by atoms with Gasteiger partial charge < -0.3 is 9.84 Å². The molecule has 9 heteroatoms. The fourth-order valence-corrected chi connectivity index (χ4v) is 1.86. The third kappa shape index (κ3) is 3.30. The molecule has 0 aromatic rings. The van der Waals surface area contributed by atoms with Gasteiger partial charge in [0.05, 0.1) is 5.60 Å². The van der Waals surface area contributed by atoms with Crippen LogP contribution in [-0.4, -0.2) is 44.4 Å². The van der Waals surface area contributed by atoms with Crippen molar-refractivity contribution >= 4 is 10.0 Å². The fourth-order valence-electron chi connectivity index (χ4n) is 1.24. The van der Waals surface area contributed by atoms with Crippen LogP contribution in [0.2, 0.25) is 0 Å². The van der Waals surface area contributed by atoms with Crippen molar-refractivity contribution in [2.24, 2.45) is 0 Å². The first-order valence-electron chi connectivity index (χ1n) is 4.52. The van der Waals surface area contributed by atoms with Gasteiger partial charge in [0, 0.05) is 32.6 Å². The van der Waals surface area contributed by atoms with E-state index in [1.165, 1.54) is 4.72 Å². The highest BCUT2D eigenvalue weighted by Crippen LogP contribution is 2.24. The fraction of sp³-hybridized carbons (Fsp3) is 1.00. The van der Waals surface area contributed by atoms with E-state index < -0.39 is 27.7 Å². The lowest BCUT2D eigenvalue weighted by Gasteiger charge is -2.32. The van der Waals surface area contributed by atoms with Gasteiger partial charge in [0.15, 0.2) is 0 Å². The standard InChI is InChI=1S/C7H12F3NO4S/c8-7(9,10)16(13,14)11-5-6(12)1-3-15-4-2-6/h11-12H,1-5H2. The van der Waals surface area contributed by atoms with E-state index in [4.69, 9.17) is 4.74 Å². The number of halogens is 3. The molecule has 2 N–H and O–H groups in total. The lowest BCUT2D eigenvalue weighted by molar-refractivity contribution is -0.0621. The van der Waals surface area contributed by atoms with Gasteiger partial charge in [-0.2, -0.15) is 13.2 Å². The van der Waals surface area contributed by atoms with Crippen LogP contribution in [0.15, 0.2) is 0 Å². The zero-order valence-corrected chi connectivity index (χ0v) is 9.07. The zero-order valence-electron chi connectivity index (χ0n) is 8.25. The number of nitrogens with one attached hydrogen (secondary N) is 1. The van der Waals surface area contributed by atoms with E-state index in [0.29, 0.717) is 0 Å². The summed E-state index contributed by atoms with van der Waals surface area (Å²) >= 11 is 0. The first-order valence-corrected chi connectivity index (χ1v) is 6.01. The van der Waals surface area contributed by atoms with Crippen LogP contribution in [0.25, 0.3) is 0 Å². The lowest BCUT2D eigenvalue weighted by atomic mass is 9.95. The second-order valence-electron chi connectivity index (χ2n) is 3.61. The molecule has 0 spiro atoms. The smallest absolute Gasteiger partial charge is 0.388 e. The van der Waals surface area contributed by atoms with E-state index in [1.807, 2.05) is 0 Å². The third-order valence-electron chi connectivity index (χ3n) is 2.32. The highest BCUT2D eigenvalue weighted by atomic mass is 32.2. The van der Waals surface area contributed by atoms with Gasteiger partial charge in [-0.15, -0.1) is 0 Å². The Hall–Kier alpha value is -0.380. The van der Waals surface area contributed by atoms with Crippen molar-refractivity contribution in [3.05, 3.63) is 0 Å². The Labute approximate surface area is 90.6 Å². The number of hydrogen-bond acceptors (Lipinski definition) is 4. The summed E-state index contributed by atoms with van der Waals surface area (Å²) in [5.41, 5.74) is -6.81. The average Bonchev–Trinajstić information content (AvgIpc) is 2.15. The zero-order chi connectivity index (χ0) is 12.4. The van der Waals surface area contributed by atoms with Crippen molar-refractivity contribution in [3.8, 4) is 0 Å². The molecule has 0 bridgehead atoms. The Morgan fingerprint density at radius 2 is 1.81 bits per heavy atom. The van der Waals surface area contributed by atoms with Gasteiger partial charge in [-0.1, -0.05) is 0 Å². The van der Waals surface area contributed by atoms with Crippen LogP contribution in [0.5, 0.6) is 0 Å². The molecule has 1 rings (SSSR count). The maximum Gasteiger partial charge on any atom is 0.511 e. The Morgan fingerprint density at radius 1 is 1.31 bits per heavy atom. The van der Waals surface area contributed by atoms with E-state index in [0.717, 1.165) is 0 Å². The van der Waals surface area contributed by atoms with Gasteiger partial charge >= 0.3 is 15.5 Å². The third-order valence-corrected chi connectivity index (χ3v) is 3.45. The van der Waals surface area contributed by atoms with Crippen molar-refractivity contribution in [2.45, 2.75) is 24.0 Å². The molecule has 0 aromatic carbocycles. The molecule has 0 aliphatic carbocycles. The van der Waals surface area contributed by atoms with E-state index in [2.05, 4.69) is 0 Å². The molecule has 1 aliphatic heterocycles. The van der Waals surface area contributed by atoms with Gasteiger partial charge in [0.1, 0.15) is 0 Å². The van der Waals surface area contributed by atoms with E-state index in [-0.39, 0.29) is 26.1 Å². The largest absolute Gasteiger partial charge is 0.511 e. The first kappa shape index (κ1) is 13.7. The van der Waals surface area contributed by atoms with Crippen LogP contribution >= 0.6 is 0 Å². The molecule has 0 atom stereocenters. The lowest BCUT2D eigenvalue weighted by Crippen LogP contribution is -2.49. The summed E-state index contributed by atoms with van der Waals surface area (Å²) in [5.74, 6) is 0. The van der Waals surface area contributed by atoms with Crippen molar-refractivity contribution in [1.29, 1.82) is 0 Å². The molecule has 1 aliphatic rings. The van der Waals surface area contributed by atoms with Gasteiger partial charge in [-0.05, 0) is 0 Å². The molecular weight excluding hydrogens is 251 g/mol. The summed E-state index contributed by atoms with van der Waals surface area (Å²) < 4.78 is 63.4. The highest BCUT2D eigenvalue weighted by Gasteiger charge is 2.46. The SMILES string of the molecule is O=S(=O)(NCC1(O)CCOCC1)C(F)(F)F. The quantitative estimate of drug-likeness (QED) is 0.749. The molecular formula is C7H12F3NO4S. The van der Waals surface area contributed by atoms with E-state index in [9.17, 15) is 26.7 Å². The molecule has 0 saturated carbocycles. The number of rotatable bonds is 3. The van der Waals surface area contributed by atoms with Crippen LogP contribution in [0, 0.1) is 0 Å². The Bertz CT molecular complexity index is 334. The van der Waals surface area contributed by atoms with Gasteiger partial charge in [-0.25, -0.2) is 13.1 Å². The second kappa shape index (κ2) is 4.47. The predicted molar refractivity (Wildman–Crippen MR) is 48.0 cm³/mol. The Balaban J connectivity index is 2.57. The number of aliphatic hydroxyl groups is 1. The van der Waals surface area contributed by atoms with Crippen LogP contribution in [-0.2, 0) is 14.8 Å². The van der Waals surface area contributed by atoms with Crippen molar-refractivity contribution < 1.29 is 31.4 Å². The summed E-state index contributed by atoms with van der Waals surface area (Å²) in [5, 5.41) is 9.73. The number of sulfonamides is 1. The maximum atomic E-state index is 12.0. The van der Waals surface area contributed by atoms with E-state index >= 15 is 0 Å². The maximum absolute atomic E-state index is 12.0. The molecule has 0 aromatic heterocycles. The molecule has 1 saturated heterocycles. The summed E-state index contributed by atoms with van der Waals surface area (Å²) in [7, 11) is -5.39. The molecule has 1 fully saturated rings. The molecule has 96 valence electrons. The summed E-state index contributed by atoms with van der Waals surface area (Å²) in [6.45, 7) is -0.257. The van der Waals surface area contributed by atoms with Crippen molar-refractivity contribution in [2.75, 3.05) is 19.8 Å². The van der Waals surface area contributed by atoms with Crippen LogP contribution in [0.4, 0.5) is 13.2 Å². The van der Waals surface area contributed by atoms with Crippen LogP contribution < -0.4 is 4.72 Å². The molecule has 1 heterocycles. The number of ether oxygens (including phenoxy) is 1. The number of hydrogen-bond donors (Lipinski definition) is 2.